The van der Waals surface area contributed by atoms with Gasteiger partial charge in [0.05, 0.1) is 5.56 Å². The second-order valence-corrected chi connectivity index (χ2v) is 6.75. The maximum atomic E-state index is 11.9. The van der Waals surface area contributed by atoms with Gasteiger partial charge in [0.1, 0.15) is 0 Å². The van der Waals surface area contributed by atoms with Crippen LogP contribution in [0.25, 0.3) is 0 Å². The van der Waals surface area contributed by atoms with Crippen molar-refractivity contribution in [3.63, 3.8) is 0 Å². The number of rotatable bonds is 2. The molecule has 1 spiro atoms. The molecule has 1 amide bonds. The number of carbonyl (C=O) groups excluding carboxylic acids is 1. The van der Waals surface area contributed by atoms with Crippen molar-refractivity contribution in [2.75, 3.05) is 6.54 Å². The summed E-state index contributed by atoms with van der Waals surface area (Å²) in [6, 6.07) is 9.36. The van der Waals surface area contributed by atoms with Gasteiger partial charge in [0.25, 0.3) is 0 Å². The number of nitrogens with one attached hydrogen (secondary N) is 1. The van der Waals surface area contributed by atoms with Crippen molar-refractivity contribution in [3.05, 3.63) is 65.0 Å². The van der Waals surface area contributed by atoms with E-state index in [1.54, 1.807) is 24.5 Å². The van der Waals surface area contributed by atoms with Gasteiger partial charge in [-0.1, -0.05) is 6.07 Å². The molecule has 122 valence electrons. The van der Waals surface area contributed by atoms with E-state index in [1.165, 1.54) is 0 Å². The zero-order chi connectivity index (χ0) is 16.7. The minimum atomic E-state index is -0.906. The van der Waals surface area contributed by atoms with Gasteiger partial charge < -0.3 is 10.4 Å². The number of nitrogens with zero attached hydrogens (tertiary/aromatic N) is 1. The van der Waals surface area contributed by atoms with Gasteiger partial charge in [0, 0.05) is 36.7 Å². The van der Waals surface area contributed by atoms with Crippen LogP contribution in [-0.2, 0) is 11.2 Å². The van der Waals surface area contributed by atoms with Crippen molar-refractivity contribution < 1.29 is 14.7 Å². The maximum Gasteiger partial charge on any atom is 0.335 e. The summed E-state index contributed by atoms with van der Waals surface area (Å²) in [5, 5.41) is 12.2. The quantitative estimate of drug-likeness (QED) is 0.889. The average Bonchev–Trinajstić information content (AvgIpc) is 2.96. The molecule has 0 bridgehead atoms. The van der Waals surface area contributed by atoms with E-state index in [2.05, 4.69) is 10.3 Å². The first-order valence-corrected chi connectivity index (χ1v) is 8.12. The van der Waals surface area contributed by atoms with Crippen molar-refractivity contribution >= 4 is 11.9 Å². The minimum Gasteiger partial charge on any atom is -0.478 e. The normalized spacial score (nSPS) is 25.3. The minimum absolute atomic E-state index is 0.0750. The molecule has 1 aliphatic carbocycles. The number of carbonyl (C=O) groups is 2. The number of carboxylic acid groups (broad SMARTS) is 1. The van der Waals surface area contributed by atoms with Gasteiger partial charge in [-0.15, -0.1) is 0 Å². The average molecular weight is 322 g/mol. The third kappa shape index (κ3) is 2.28. The summed E-state index contributed by atoms with van der Waals surface area (Å²) in [5.41, 5.74) is 3.51. The zero-order valence-corrected chi connectivity index (χ0v) is 13.2. The lowest BCUT2D eigenvalue weighted by Crippen LogP contribution is -2.36. The molecule has 4 rings (SSSR count). The van der Waals surface area contributed by atoms with Crippen LogP contribution in [0.3, 0.4) is 0 Å². The summed E-state index contributed by atoms with van der Waals surface area (Å²) in [6.07, 6.45) is 5.72. The largest absolute Gasteiger partial charge is 0.478 e. The molecule has 2 aromatic rings. The van der Waals surface area contributed by atoms with E-state index in [0.717, 1.165) is 29.5 Å². The number of aryl methyl sites for hydroxylation is 1. The summed E-state index contributed by atoms with van der Waals surface area (Å²) in [4.78, 5) is 27.3. The molecule has 0 saturated carbocycles. The second kappa shape index (κ2) is 5.44. The predicted molar refractivity (Wildman–Crippen MR) is 87.9 cm³/mol. The number of hydrogen-bond acceptors (Lipinski definition) is 3. The molecule has 2 N–H and O–H groups in total. The maximum absolute atomic E-state index is 11.9. The van der Waals surface area contributed by atoms with Crippen molar-refractivity contribution in [3.8, 4) is 0 Å². The Morgan fingerprint density at radius 1 is 1.25 bits per heavy atom. The van der Waals surface area contributed by atoms with Gasteiger partial charge in [-0.2, -0.15) is 0 Å². The van der Waals surface area contributed by atoms with Crippen LogP contribution in [-0.4, -0.2) is 28.5 Å². The number of carboxylic acids is 1. The number of aromatic carboxylic acids is 1. The van der Waals surface area contributed by atoms with Crippen LogP contribution in [0.5, 0.6) is 0 Å². The topological polar surface area (TPSA) is 79.3 Å². The highest BCUT2D eigenvalue weighted by Gasteiger charge is 2.48. The third-order valence-corrected chi connectivity index (χ3v) is 5.40. The standard InChI is InChI=1S/C19H18N2O3/c22-16-10-19(11-21-16)6-3-13-9-14(18(23)24)1-2-15(13)17(19)12-4-7-20-8-5-12/h1-2,4-5,7-9,17H,3,6,10-11H2,(H,21,22)(H,23,24)/t17?,19-/m0/s1. The van der Waals surface area contributed by atoms with Crippen LogP contribution in [0, 0.1) is 5.41 Å². The third-order valence-electron chi connectivity index (χ3n) is 5.40. The summed E-state index contributed by atoms with van der Waals surface area (Å²) in [5.74, 6) is -0.734. The summed E-state index contributed by atoms with van der Waals surface area (Å²) < 4.78 is 0. The molecule has 0 radical (unpaired) electrons. The first-order valence-electron chi connectivity index (χ1n) is 8.12. The molecule has 1 fully saturated rings. The molecule has 5 heteroatoms. The van der Waals surface area contributed by atoms with Crippen molar-refractivity contribution in [2.45, 2.75) is 25.2 Å². The molecule has 1 saturated heterocycles. The van der Waals surface area contributed by atoms with Crippen LogP contribution in [0.1, 0.15) is 45.8 Å². The van der Waals surface area contributed by atoms with Crippen LogP contribution in [0.2, 0.25) is 0 Å². The predicted octanol–water partition coefficient (Wildman–Crippen LogP) is 2.36. The number of amides is 1. The van der Waals surface area contributed by atoms with E-state index in [1.807, 2.05) is 18.2 Å². The molecular formula is C19H18N2O3. The Morgan fingerprint density at radius 3 is 2.71 bits per heavy atom. The van der Waals surface area contributed by atoms with Crippen molar-refractivity contribution in [2.24, 2.45) is 5.41 Å². The molecule has 2 atom stereocenters. The molecule has 1 aromatic carbocycles. The molecular weight excluding hydrogens is 304 g/mol. The van der Waals surface area contributed by atoms with E-state index in [4.69, 9.17) is 0 Å². The smallest absolute Gasteiger partial charge is 0.335 e. The van der Waals surface area contributed by atoms with E-state index in [-0.39, 0.29) is 17.2 Å². The Bertz CT molecular complexity index is 819. The van der Waals surface area contributed by atoms with Gasteiger partial charge in [-0.3, -0.25) is 9.78 Å². The van der Waals surface area contributed by atoms with Crippen LogP contribution in [0.4, 0.5) is 0 Å². The lowest BCUT2D eigenvalue weighted by molar-refractivity contribution is -0.119. The Morgan fingerprint density at radius 2 is 2.04 bits per heavy atom. The SMILES string of the molecule is O=C1C[C@@]2(CCc3cc(C(=O)O)ccc3C2c2ccncc2)CN1. The molecule has 2 heterocycles. The Labute approximate surface area is 139 Å². The van der Waals surface area contributed by atoms with Crippen molar-refractivity contribution in [1.29, 1.82) is 0 Å². The monoisotopic (exact) mass is 322 g/mol. The zero-order valence-electron chi connectivity index (χ0n) is 13.2. The Hall–Kier alpha value is -2.69. The molecule has 24 heavy (non-hydrogen) atoms. The molecule has 1 unspecified atom stereocenters. The fourth-order valence-electron chi connectivity index (χ4n) is 4.28. The number of fused-ring (bicyclic) bond motifs is 1. The fraction of sp³-hybridized carbons (Fsp3) is 0.316. The number of benzene rings is 1. The van der Waals surface area contributed by atoms with Crippen LogP contribution in [0.15, 0.2) is 42.7 Å². The Balaban J connectivity index is 1.87. The highest BCUT2D eigenvalue weighted by molar-refractivity contribution is 5.88. The summed E-state index contributed by atoms with van der Waals surface area (Å²) in [6.45, 7) is 0.666. The lowest BCUT2D eigenvalue weighted by Gasteiger charge is -2.42. The highest BCUT2D eigenvalue weighted by atomic mass is 16.4. The van der Waals surface area contributed by atoms with Gasteiger partial charge in [0.2, 0.25) is 5.91 Å². The van der Waals surface area contributed by atoms with Gasteiger partial charge >= 0.3 is 5.97 Å². The number of aromatic nitrogens is 1. The molecule has 1 aliphatic heterocycles. The molecule has 2 aliphatic rings. The number of hydrogen-bond donors (Lipinski definition) is 2. The first kappa shape index (κ1) is 14.9. The highest BCUT2D eigenvalue weighted by Crippen LogP contribution is 2.52. The first-order chi connectivity index (χ1) is 11.6. The second-order valence-electron chi connectivity index (χ2n) is 6.75. The van der Waals surface area contributed by atoms with E-state index in [9.17, 15) is 14.7 Å². The van der Waals surface area contributed by atoms with Crippen molar-refractivity contribution in [1.82, 2.24) is 10.3 Å². The van der Waals surface area contributed by atoms with Gasteiger partial charge in [-0.25, -0.2) is 4.79 Å². The summed E-state index contributed by atoms with van der Waals surface area (Å²) in [7, 11) is 0. The van der Waals surface area contributed by atoms with Crippen LogP contribution >= 0.6 is 0 Å². The van der Waals surface area contributed by atoms with Gasteiger partial charge in [-0.05, 0) is 53.8 Å². The van der Waals surface area contributed by atoms with E-state index >= 15 is 0 Å². The lowest BCUT2D eigenvalue weighted by atomic mass is 9.61. The van der Waals surface area contributed by atoms with E-state index in [0.29, 0.717) is 18.5 Å². The van der Waals surface area contributed by atoms with Crippen LogP contribution < -0.4 is 5.32 Å². The molecule has 5 nitrogen and oxygen atoms in total. The fourth-order valence-corrected chi connectivity index (χ4v) is 4.28. The van der Waals surface area contributed by atoms with E-state index < -0.39 is 5.97 Å². The molecule has 1 aromatic heterocycles. The van der Waals surface area contributed by atoms with Gasteiger partial charge in [0.15, 0.2) is 0 Å². The summed E-state index contributed by atoms with van der Waals surface area (Å²) >= 11 is 0. The Kier molecular flexibility index (Phi) is 3.37. The number of pyridine rings is 1.